The number of halogens is 2. The van der Waals surface area contributed by atoms with Crippen LogP contribution in [0.25, 0.3) is 10.9 Å². The first-order chi connectivity index (χ1) is 17.0. The summed E-state index contributed by atoms with van der Waals surface area (Å²) in [6.45, 7) is 9.59. The Morgan fingerprint density at radius 1 is 1.14 bits per heavy atom. The van der Waals surface area contributed by atoms with Gasteiger partial charge in [-0.2, -0.15) is 0 Å². The fourth-order valence-electron chi connectivity index (χ4n) is 5.30. The van der Waals surface area contributed by atoms with E-state index in [1.807, 2.05) is 32.0 Å². The lowest BCUT2D eigenvalue weighted by Gasteiger charge is -2.27. The van der Waals surface area contributed by atoms with Crippen molar-refractivity contribution in [3.8, 4) is 11.5 Å². The van der Waals surface area contributed by atoms with Crippen molar-refractivity contribution >= 4 is 16.7 Å². The average molecular weight is 499 g/mol. The number of likely N-dealkylation sites (N-methyl/N-ethyl adjacent to an activating group) is 1. The molecule has 3 aromatic rings. The van der Waals surface area contributed by atoms with Crippen LogP contribution in [-0.4, -0.2) is 47.7 Å². The lowest BCUT2D eigenvalue weighted by atomic mass is 9.94. The summed E-state index contributed by atoms with van der Waals surface area (Å²) in [5.74, 6) is -0.452. The summed E-state index contributed by atoms with van der Waals surface area (Å²) in [6, 6.07) is 8.88. The number of anilines is 1. The number of rotatable bonds is 8. The fraction of sp³-hybridized carbons (Fsp3) is 0.500. The molecule has 2 heterocycles. The van der Waals surface area contributed by atoms with Gasteiger partial charge in [-0.05, 0) is 71.3 Å². The number of fused-ring (bicyclic) bond motifs is 1. The maximum absolute atomic E-state index is 14.1. The van der Waals surface area contributed by atoms with Crippen molar-refractivity contribution in [1.29, 1.82) is 0 Å². The first-order valence-electron chi connectivity index (χ1n) is 12.5. The van der Waals surface area contributed by atoms with Crippen LogP contribution in [0.3, 0.4) is 0 Å². The average Bonchev–Trinajstić information content (AvgIpc) is 3.24. The van der Waals surface area contributed by atoms with E-state index in [4.69, 9.17) is 9.47 Å². The normalized spacial score (nSPS) is 18.3. The largest absolute Gasteiger partial charge is 0.493 e. The van der Waals surface area contributed by atoms with Gasteiger partial charge in [-0.1, -0.05) is 18.2 Å². The molecule has 4 rings (SSSR count). The number of ether oxygens (including phenoxy) is 2. The zero-order valence-corrected chi connectivity index (χ0v) is 22.2. The molecule has 0 unspecified atom stereocenters. The lowest BCUT2D eigenvalue weighted by Crippen LogP contribution is -2.38. The first-order valence-corrected chi connectivity index (χ1v) is 12.5. The molecule has 0 spiro atoms. The molecule has 1 N–H and O–H groups in total. The quantitative estimate of drug-likeness (QED) is 0.388. The molecule has 0 amide bonds. The van der Waals surface area contributed by atoms with Crippen molar-refractivity contribution in [3.05, 3.63) is 52.8 Å². The number of aryl methyl sites for hydroxylation is 1. The minimum Gasteiger partial charge on any atom is -0.493 e. The van der Waals surface area contributed by atoms with Gasteiger partial charge in [-0.15, -0.1) is 0 Å². The molecule has 8 heteroatoms. The standard InChI is InChI=1S/C28H36F2N4O2/c1-16-20(10-8-11-22(16)28(5,29)30)17(2)31-27-21-14-26(36-18(3)24-12-9-13-34(24)6)25(35-7)15-23(21)32-19(4)33-27/h8,10-11,14-15,17-18,24H,9,12-13H2,1-7H3,(H,31,32,33)/t17-,18-,24+/m1/s1. The zero-order chi connectivity index (χ0) is 26.2. The number of hydrogen-bond donors (Lipinski definition) is 1. The van der Waals surface area contributed by atoms with E-state index in [-0.39, 0.29) is 17.7 Å². The van der Waals surface area contributed by atoms with Gasteiger partial charge in [0, 0.05) is 30.0 Å². The number of likely N-dealkylation sites (tertiary alicyclic amines) is 1. The topological polar surface area (TPSA) is 59.5 Å². The van der Waals surface area contributed by atoms with Gasteiger partial charge in [0.1, 0.15) is 17.7 Å². The molecular weight excluding hydrogens is 462 g/mol. The number of alkyl halides is 2. The Kier molecular flexibility index (Phi) is 7.36. The highest BCUT2D eigenvalue weighted by molar-refractivity contribution is 5.92. The second-order valence-electron chi connectivity index (χ2n) is 9.93. The fourth-order valence-corrected chi connectivity index (χ4v) is 5.30. The van der Waals surface area contributed by atoms with Crippen LogP contribution >= 0.6 is 0 Å². The molecule has 1 aromatic heterocycles. The highest BCUT2D eigenvalue weighted by Gasteiger charge is 2.29. The van der Waals surface area contributed by atoms with Crippen LogP contribution in [0.2, 0.25) is 0 Å². The smallest absolute Gasteiger partial charge is 0.270 e. The molecule has 3 atom stereocenters. The van der Waals surface area contributed by atoms with Crippen molar-refractivity contribution in [3.63, 3.8) is 0 Å². The van der Waals surface area contributed by atoms with Gasteiger partial charge < -0.3 is 14.8 Å². The van der Waals surface area contributed by atoms with Crippen LogP contribution < -0.4 is 14.8 Å². The zero-order valence-electron chi connectivity index (χ0n) is 22.2. The Labute approximate surface area is 212 Å². The van der Waals surface area contributed by atoms with Crippen LogP contribution in [0.1, 0.15) is 62.2 Å². The van der Waals surface area contributed by atoms with E-state index in [0.29, 0.717) is 34.7 Å². The van der Waals surface area contributed by atoms with E-state index >= 15 is 0 Å². The Hall–Kier alpha value is -3.00. The molecule has 0 radical (unpaired) electrons. The van der Waals surface area contributed by atoms with Crippen LogP contribution in [0.5, 0.6) is 11.5 Å². The molecule has 1 saturated heterocycles. The monoisotopic (exact) mass is 498 g/mol. The van der Waals surface area contributed by atoms with Gasteiger partial charge in [-0.25, -0.2) is 18.7 Å². The summed E-state index contributed by atoms with van der Waals surface area (Å²) < 4.78 is 40.3. The molecular formula is C28H36F2N4O2. The molecule has 1 aliphatic rings. The molecule has 0 bridgehead atoms. The molecule has 1 fully saturated rings. The van der Waals surface area contributed by atoms with Crippen LogP contribution in [0.15, 0.2) is 30.3 Å². The predicted molar refractivity (Wildman–Crippen MR) is 139 cm³/mol. The third-order valence-corrected chi connectivity index (χ3v) is 7.19. The van der Waals surface area contributed by atoms with Gasteiger partial charge in [0.25, 0.3) is 5.92 Å². The number of nitrogens with zero attached hydrogens (tertiary/aromatic N) is 3. The molecule has 194 valence electrons. The third-order valence-electron chi connectivity index (χ3n) is 7.19. The number of methoxy groups -OCH3 is 1. The Morgan fingerprint density at radius 2 is 1.89 bits per heavy atom. The molecule has 1 aliphatic heterocycles. The minimum atomic E-state index is -2.91. The SMILES string of the molecule is COc1cc2nc(C)nc(N[C@H](C)c3cccc(C(C)(F)F)c3C)c2cc1O[C@H](C)[C@@H]1CCCN1C. The van der Waals surface area contributed by atoms with Crippen molar-refractivity contribution in [2.75, 3.05) is 26.0 Å². The van der Waals surface area contributed by atoms with Gasteiger partial charge in [0.15, 0.2) is 11.5 Å². The number of hydrogen-bond acceptors (Lipinski definition) is 6. The summed E-state index contributed by atoms with van der Waals surface area (Å²) >= 11 is 0. The van der Waals surface area contributed by atoms with E-state index in [9.17, 15) is 8.78 Å². The maximum Gasteiger partial charge on any atom is 0.270 e. The van der Waals surface area contributed by atoms with Crippen molar-refractivity contribution in [2.24, 2.45) is 0 Å². The Morgan fingerprint density at radius 3 is 2.53 bits per heavy atom. The molecule has 2 aromatic carbocycles. The van der Waals surface area contributed by atoms with Crippen molar-refractivity contribution in [1.82, 2.24) is 14.9 Å². The number of nitrogens with one attached hydrogen (secondary N) is 1. The molecule has 0 saturated carbocycles. The van der Waals surface area contributed by atoms with E-state index in [1.165, 1.54) is 6.07 Å². The van der Waals surface area contributed by atoms with Crippen molar-refractivity contribution in [2.45, 2.75) is 71.6 Å². The number of benzene rings is 2. The highest BCUT2D eigenvalue weighted by atomic mass is 19.3. The van der Waals surface area contributed by atoms with Gasteiger partial charge >= 0.3 is 0 Å². The van der Waals surface area contributed by atoms with E-state index in [2.05, 4.69) is 34.2 Å². The summed E-state index contributed by atoms with van der Waals surface area (Å²) in [6.07, 6.45) is 2.23. The lowest BCUT2D eigenvalue weighted by molar-refractivity contribution is 0.0167. The third kappa shape index (κ3) is 5.24. The first kappa shape index (κ1) is 26.1. The van der Waals surface area contributed by atoms with E-state index in [0.717, 1.165) is 42.8 Å². The van der Waals surface area contributed by atoms with Crippen molar-refractivity contribution < 1.29 is 18.3 Å². The summed E-state index contributed by atoms with van der Waals surface area (Å²) in [4.78, 5) is 11.6. The Bertz CT molecular complexity index is 1240. The van der Waals surface area contributed by atoms with Gasteiger partial charge in [-0.3, -0.25) is 4.90 Å². The number of aromatic nitrogens is 2. The van der Waals surface area contributed by atoms with Crippen LogP contribution in [0, 0.1) is 13.8 Å². The highest BCUT2D eigenvalue weighted by Crippen LogP contribution is 2.38. The van der Waals surface area contributed by atoms with Crippen LogP contribution in [0.4, 0.5) is 14.6 Å². The second-order valence-corrected chi connectivity index (χ2v) is 9.93. The molecule has 36 heavy (non-hydrogen) atoms. The summed E-state index contributed by atoms with van der Waals surface area (Å²) in [7, 11) is 3.75. The van der Waals surface area contributed by atoms with E-state index < -0.39 is 5.92 Å². The molecule has 6 nitrogen and oxygen atoms in total. The van der Waals surface area contributed by atoms with E-state index in [1.54, 1.807) is 20.1 Å². The second kappa shape index (κ2) is 10.2. The minimum absolute atomic E-state index is 0.0216. The predicted octanol–water partition coefficient (Wildman–Crippen LogP) is 6.40. The van der Waals surface area contributed by atoms with Gasteiger partial charge in [0.05, 0.1) is 18.7 Å². The van der Waals surface area contributed by atoms with Gasteiger partial charge in [0.2, 0.25) is 0 Å². The summed E-state index contributed by atoms with van der Waals surface area (Å²) in [5.41, 5.74) is 2.11. The Balaban J connectivity index is 1.71. The van der Waals surface area contributed by atoms with Crippen LogP contribution in [-0.2, 0) is 5.92 Å². The maximum atomic E-state index is 14.1. The summed E-state index contributed by atoms with van der Waals surface area (Å²) in [5, 5.41) is 4.22. The molecule has 0 aliphatic carbocycles.